The Hall–Kier alpha value is -3.15. The lowest BCUT2D eigenvalue weighted by molar-refractivity contribution is -0.167. The lowest BCUT2D eigenvalue weighted by Gasteiger charge is -2.18. The molecule has 0 bridgehead atoms. The number of hydrogen-bond acceptors (Lipinski definition) is 6. The van der Waals surface area contributed by atoms with Crippen LogP contribution < -0.4 is 0 Å². The van der Waals surface area contributed by atoms with Crippen molar-refractivity contribution in [3.63, 3.8) is 0 Å². The average molecular weight is 1100 g/mol. The Bertz CT molecular complexity index is 1450. The Balaban J connectivity index is 4.24. The second-order valence-corrected chi connectivity index (χ2v) is 23.1. The minimum absolute atomic E-state index is 0.0750. The van der Waals surface area contributed by atoms with Gasteiger partial charge in [0.25, 0.3) is 0 Å². The molecule has 1 atom stereocenters. The number of allylic oxidation sites excluding steroid dienone is 12. The van der Waals surface area contributed by atoms with Crippen LogP contribution in [0.15, 0.2) is 72.9 Å². The summed E-state index contributed by atoms with van der Waals surface area (Å²) in [6, 6.07) is 0. The second-order valence-electron chi connectivity index (χ2n) is 23.1. The van der Waals surface area contributed by atoms with Gasteiger partial charge in [0.1, 0.15) is 13.2 Å². The van der Waals surface area contributed by atoms with Crippen molar-refractivity contribution >= 4 is 17.9 Å². The van der Waals surface area contributed by atoms with Crippen LogP contribution in [0.3, 0.4) is 0 Å². The Morgan fingerprint density at radius 1 is 0.266 bits per heavy atom. The first-order chi connectivity index (χ1) is 39.0. The van der Waals surface area contributed by atoms with Gasteiger partial charge in [-0.05, 0) is 89.9 Å². The molecule has 6 nitrogen and oxygen atoms in total. The summed E-state index contributed by atoms with van der Waals surface area (Å²) >= 11 is 0. The van der Waals surface area contributed by atoms with Crippen LogP contribution in [0.1, 0.15) is 355 Å². The maximum Gasteiger partial charge on any atom is 0.306 e. The fourth-order valence-corrected chi connectivity index (χ4v) is 10.1. The van der Waals surface area contributed by atoms with Crippen LogP contribution in [-0.4, -0.2) is 37.2 Å². The second kappa shape index (κ2) is 67.4. The molecule has 0 radical (unpaired) electrons. The van der Waals surface area contributed by atoms with Crippen LogP contribution >= 0.6 is 0 Å². The van der Waals surface area contributed by atoms with Crippen LogP contribution in [0.2, 0.25) is 0 Å². The third kappa shape index (κ3) is 65.5. The standard InChI is InChI=1S/C73H130O6/c1-4-7-10-13-16-19-22-25-28-30-31-32-33-34-35-36-37-38-39-40-41-43-45-48-51-54-57-60-63-66-72(75)78-69-70(68-77-71(74)65-62-59-56-53-50-47-44-27-24-21-18-15-12-9-6-3)79-73(76)67-64-61-58-55-52-49-46-42-29-26-23-20-17-14-11-8-5-2/h7,10,16,18-19,21,25,27-28,31-32,44,70H,4-6,8-9,11-15,17,20,22-24,26,29-30,33-43,45-69H2,1-3H3/b10-7-,19-16-,21-18-,28-25-,32-31-,44-27-. The van der Waals surface area contributed by atoms with Gasteiger partial charge in [0.2, 0.25) is 0 Å². The molecular weight excluding hydrogens is 973 g/mol. The lowest BCUT2D eigenvalue weighted by Crippen LogP contribution is -2.30. The van der Waals surface area contributed by atoms with Gasteiger partial charge in [-0.2, -0.15) is 0 Å². The van der Waals surface area contributed by atoms with Gasteiger partial charge in [-0.1, -0.05) is 318 Å². The van der Waals surface area contributed by atoms with E-state index in [0.29, 0.717) is 19.3 Å². The van der Waals surface area contributed by atoms with Gasteiger partial charge in [-0.25, -0.2) is 0 Å². The largest absolute Gasteiger partial charge is 0.462 e. The zero-order chi connectivity index (χ0) is 57.1. The molecule has 0 fully saturated rings. The molecule has 0 aliphatic heterocycles. The topological polar surface area (TPSA) is 78.9 Å². The highest BCUT2D eigenvalue weighted by atomic mass is 16.6. The van der Waals surface area contributed by atoms with Gasteiger partial charge in [-0.15, -0.1) is 0 Å². The van der Waals surface area contributed by atoms with E-state index in [9.17, 15) is 14.4 Å². The molecule has 0 amide bonds. The van der Waals surface area contributed by atoms with E-state index in [1.165, 1.54) is 212 Å². The van der Waals surface area contributed by atoms with Gasteiger partial charge in [0.05, 0.1) is 0 Å². The molecule has 0 aromatic heterocycles. The molecule has 0 spiro atoms. The summed E-state index contributed by atoms with van der Waals surface area (Å²) in [5.74, 6) is -0.867. The van der Waals surface area contributed by atoms with Crippen molar-refractivity contribution in [2.75, 3.05) is 13.2 Å². The molecule has 79 heavy (non-hydrogen) atoms. The maximum absolute atomic E-state index is 12.9. The van der Waals surface area contributed by atoms with Crippen molar-refractivity contribution < 1.29 is 28.6 Å². The summed E-state index contributed by atoms with van der Waals surface area (Å²) < 4.78 is 17.0. The summed E-state index contributed by atoms with van der Waals surface area (Å²) in [4.78, 5) is 38.4. The molecule has 0 aliphatic rings. The number of carbonyl (C=O) groups is 3. The summed E-state index contributed by atoms with van der Waals surface area (Å²) in [6.45, 7) is 6.54. The van der Waals surface area contributed by atoms with E-state index >= 15 is 0 Å². The minimum Gasteiger partial charge on any atom is -0.462 e. The Labute approximate surface area is 491 Å². The molecular formula is C73H130O6. The number of carbonyl (C=O) groups excluding carboxylic acids is 3. The van der Waals surface area contributed by atoms with Gasteiger partial charge >= 0.3 is 17.9 Å². The third-order valence-corrected chi connectivity index (χ3v) is 15.2. The number of unbranched alkanes of at least 4 members (excludes halogenated alkanes) is 40. The van der Waals surface area contributed by atoms with Crippen molar-refractivity contribution in [3.05, 3.63) is 72.9 Å². The van der Waals surface area contributed by atoms with Gasteiger partial charge in [0, 0.05) is 19.3 Å². The highest BCUT2D eigenvalue weighted by Crippen LogP contribution is 2.18. The zero-order valence-corrected chi connectivity index (χ0v) is 52.6. The fraction of sp³-hybridized carbons (Fsp3) is 0.795. The normalized spacial score (nSPS) is 12.5. The first-order valence-electron chi connectivity index (χ1n) is 34.4. The van der Waals surface area contributed by atoms with Crippen LogP contribution in [-0.2, 0) is 28.6 Å². The smallest absolute Gasteiger partial charge is 0.306 e. The first-order valence-corrected chi connectivity index (χ1v) is 34.4. The van der Waals surface area contributed by atoms with E-state index in [1.54, 1.807) is 0 Å². The van der Waals surface area contributed by atoms with Gasteiger partial charge in [0.15, 0.2) is 6.10 Å². The molecule has 0 N–H and O–H groups in total. The zero-order valence-electron chi connectivity index (χ0n) is 52.6. The van der Waals surface area contributed by atoms with Crippen LogP contribution in [0.5, 0.6) is 0 Å². The van der Waals surface area contributed by atoms with Gasteiger partial charge < -0.3 is 14.2 Å². The number of ether oxygens (including phenoxy) is 3. The molecule has 0 heterocycles. The van der Waals surface area contributed by atoms with Crippen LogP contribution in [0, 0.1) is 0 Å². The van der Waals surface area contributed by atoms with E-state index in [-0.39, 0.29) is 31.1 Å². The Kier molecular flexibility index (Phi) is 64.7. The molecule has 0 aromatic rings. The molecule has 458 valence electrons. The molecule has 6 heteroatoms. The quantitative estimate of drug-likeness (QED) is 0.0261. The van der Waals surface area contributed by atoms with Gasteiger partial charge in [-0.3, -0.25) is 14.4 Å². The molecule has 0 rings (SSSR count). The van der Waals surface area contributed by atoms with Crippen LogP contribution in [0.25, 0.3) is 0 Å². The van der Waals surface area contributed by atoms with E-state index in [0.717, 1.165) is 103 Å². The summed E-state index contributed by atoms with van der Waals surface area (Å²) in [5, 5.41) is 0. The molecule has 1 unspecified atom stereocenters. The van der Waals surface area contributed by atoms with Crippen LogP contribution in [0.4, 0.5) is 0 Å². The lowest BCUT2D eigenvalue weighted by atomic mass is 10.0. The predicted molar refractivity (Wildman–Crippen MR) is 344 cm³/mol. The summed E-state index contributed by atoms with van der Waals surface area (Å²) in [6.07, 6.45) is 87.8. The average Bonchev–Trinajstić information content (AvgIpc) is 3.45. The number of hydrogen-bond donors (Lipinski definition) is 0. The Morgan fingerprint density at radius 2 is 0.494 bits per heavy atom. The first kappa shape index (κ1) is 75.8. The van der Waals surface area contributed by atoms with E-state index in [2.05, 4.69) is 93.7 Å². The summed E-state index contributed by atoms with van der Waals surface area (Å²) in [7, 11) is 0. The van der Waals surface area contributed by atoms with Crippen molar-refractivity contribution in [3.8, 4) is 0 Å². The molecule has 0 aliphatic carbocycles. The number of esters is 3. The third-order valence-electron chi connectivity index (χ3n) is 15.2. The SMILES string of the molecule is CC/C=C\C/C=C\C/C=C\C/C=C\CCCCCCCCCCCCCCCCCCC(=O)OCC(COC(=O)CCCCCCC/C=C\C/C=C\CCCCC)OC(=O)CCCCCCCCCCCCCCCCCCC. The highest BCUT2D eigenvalue weighted by Gasteiger charge is 2.19. The maximum atomic E-state index is 12.9. The predicted octanol–water partition coefficient (Wildman–Crippen LogP) is 23.7. The monoisotopic (exact) mass is 1100 g/mol. The summed E-state index contributed by atoms with van der Waals surface area (Å²) in [5.41, 5.74) is 0. The van der Waals surface area contributed by atoms with E-state index < -0.39 is 6.10 Å². The fourth-order valence-electron chi connectivity index (χ4n) is 10.1. The molecule has 0 aromatic carbocycles. The minimum atomic E-state index is -0.779. The highest BCUT2D eigenvalue weighted by molar-refractivity contribution is 5.71. The van der Waals surface area contributed by atoms with Crippen molar-refractivity contribution in [2.45, 2.75) is 361 Å². The Morgan fingerprint density at radius 3 is 0.797 bits per heavy atom. The number of rotatable bonds is 63. The van der Waals surface area contributed by atoms with Crippen molar-refractivity contribution in [1.82, 2.24) is 0 Å². The van der Waals surface area contributed by atoms with Crippen molar-refractivity contribution in [1.29, 1.82) is 0 Å². The molecule has 0 saturated heterocycles. The molecule has 0 saturated carbocycles. The van der Waals surface area contributed by atoms with E-state index in [4.69, 9.17) is 14.2 Å². The van der Waals surface area contributed by atoms with Crippen molar-refractivity contribution in [2.24, 2.45) is 0 Å². The van der Waals surface area contributed by atoms with E-state index in [1.807, 2.05) is 0 Å².